The second-order valence-electron chi connectivity index (χ2n) is 5.41. The second-order valence-corrected chi connectivity index (χ2v) is 5.41. The molecule has 0 saturated carbocycles. The predicted molar refractivity (Wildman–Crippen MR) is 92.0 cm³/mol. The van der Waals surface area contributed by atoms with Crippen molar-refractivity contribution in [2.75, 3.05) is 25.6 Å². The first-order valence-electron chi connectivity index (χ1n) is 7.60. The van der Waals surface area contributed by atoms with Crippen molar-refractivity contribution in [3.8, 4) is 6.07 Å². The highest BCUT2D eigenvalue weighted by Crippen LogP contribution is 2.15. The molecule has 0 bridgehead atoms. The summed E-state index contributed by atoms with van der Waals surface area (Å²) >= 11 is 0. The van der Waals surface area contributed by atoms with E-state index in [2.05, 4.69) is 0 Å². The van der Waals surface area contributed by atoms with Crippen LogP contribution in [0.3, 0.4) is 0 Å². The van der Waals surface area contributed by atoms with E-state index in [0.29, 0.717) is 6.54 Å². The van der Waals surface area contributed by atoms with Gasteiger partial charge in [0.2, 0.25) is 0 Å². The lowest BCUT2D eigenvalue weighted by molar-refractivity contribution is -0.697. The van der Waals surface area contributed by atoms with E-state index in [0.717, 1.165) is 11.3 Å². The molecule has 0 aliphatic rings. The quantitative estimate of drug-likeness (QED) is 0.294. The predicted octanol–water partition coefficient (Wildman–Crippen LogP) is -0.806. The normalized spacial score (nSPS) is 10.4. The monoisotopic (exact) mass is 357 g/mol. The van der Waals surface area contributed by atoms with Crippen molar-refractivity contribution in [1.82, 2.24) is 0 Å². The number of aromatic nitrogens is 1. The van der Waals surface area contributed by atoms with E-state index >= 15 is 0 Å². The Bertz CT molecular complexity index is 750. The number of ether oxygens (including phenoxy) is 1. The molecule has 25 heavy (non-hydrogen) atoms. The molecule has 1 heterocycles. The number of halogens is 1. The first-order valence-corrected chi connectivity index (χ1v) is 7.60. The summed E-state index contributed by atoms with van der Waals surface area (Å²) in [6.45, 7) is 0.759. The van der Waals surface area contributed by atoms with Gasteiger partial charge in [-0.15, -0.1) is 0 Å². The van der Waals surface area contributed by atoms with Crippen LogP contribution < -0.4 is 21.9 Å². The summed E-state index contributed by atoms with van der Waals surface area (Å²) in [5.74, 6) is -0.606. The molecule has 130 valence electrons. The van der Waals surface area contributed by atoms with Gasteiger partial charge in [0.25, 0.3) is 0 Å². The molecule has 1 aromatic carbocycles. The maximum Gasteiger partial charge on any atom is 0.349 e. The van der Waals surface area contributed by atoms with E-state index in [-0.39, 0.29) is 24.6 Å². The maximum absolute atomic E-state index is 12.0. The van der Waals surface area contributed by atoms with Gasteiger partial charge in [-0.2, -0.15) is 5.26 Å². The molecule has 0 spiro atoms. The second kappa shape index (κ2) is 10.1. The Kier molecular flexibility index (Phi) is 8.17. The standard InChI is InChI=1S/C19H20N3O2.ClH/c1-21(2)18-8-6-16(7-9-18)14-17(15-20)19(23)24-13-12-22-10-4-3-5-11-22;/h3-11,14H,12-13H2,1-2H3;1H/q+1;/p-1. The molecule has 0 aliphatic heterocycles. The van der Waals surface area contributed by atoms with Crippen molar-refractivity contribution < 1.29 is 26.5 Å². The molecule has 5 nitrogen and oxygen atoms in total. The molecule has 0 unspecified atom stereocenters. The van der Waals surface area contributed by atoms with E-state index in [4.69, 9.17) is 4.74 Å². The van der Waals surface area contributed by atoms with Crippen molar-refractivity contribution >= 4 is 17.7 Å². The Hall–Kier alpha value is -2.84. The number of anilines is 1. The van der Waals surface area contributed by atoms with Gasteiger partial charge >= 0.3 is 5.97 Å². The molecule has 6 heteroatoms. The van der Waals surface area contributed by atoms with Gasteiger partial charge in [0.15, 0.2) is 25.5 Å². The molecule has 0 N–H and O–H groups in total. The van der Waals surface area contributed by atoms with Crippen LogP contribution in [-0.4, -0.2) is 26.7 Å². The minimum Gasteiger partial charge on any atom is -1.00 e. The third-order valence-corrected chi connectivity index (χ3v) is 3.42. The molecular weight excluding hydrogens is 338 g/mol. The molecule has 2 aromatic rings. The molecule has 0 fully saturated rings. The summed E-state index contributed by atoms with van der Waals surface area (Å²) in [6.07, 6.45) is 5.32. The lowest BCUT2D eigenvalue weighted by Gasteiger charge is -2.11. The Balaban J connectivity index is 0.00000312. The Labute approximate surface area is 154 Å². The number of benzene rings is 1. The zero-order valence-electron chi connectivity index (χ0n) is 14.2. The third kappa shape index (κ3) is 6.28. The van der Waals surface area contributed by atoms with E-state index in [9.17, 15) is 10.1 Å². The minimum absolute atomic E-state index is 0. The number of carbonyl (C=O) groups excluding carboxylic acids is 1. The van der Waals surface area contributed by atoms with Crippen LogP contribution >= 0.6 is 0 Å². The molecule has 0 atom stereocenters. The van der Waals surface area contributed by atoms with Gasteiger partial charge in [-0.1, -0.05) is 18.2 Å². The average molecular weight is 358 g/mol. The van der Waals surface area contributed by atoms with E-state index in [1.54, 1.807) is 0 Å². The van der Waals surface area contributed by atoms with Gasteiger partial charge < -0.3 is 22.0 Å². The zero-order chi connectivity index (χ0) is 17.4. The fourth-order valence-corrected chi connectivity index (χ4v) is 2.08. The number of pyridine rings is 1. The fraction of sp³-hybridized carbons (Fsp3) is 0.211. The topological polar surface area (TPSA) is 57.2 Å². The van der Waals surface area contributed by atoms with E-state index < -0.39 is 5.97 Å². The Morgan fingerprint density at radius 1 is 1.20 bits per heavy atom. The van der Waals surface area contributed by atoms with Crippen molar-refractivity contribution in [3.05, 3.63) is 66.0 Å². The smallest absolute Gasteiger partial charge is 0.349 e. The van der Waals surface area contributed by atoms with Crippen LogP contribution in [0.2, 0.25) is 0 Å². The van der Waals surface area contributed by atoms with Gasteiger partial charge in [-0.25, -0.2) is 9.36 Å². The Morgan fingerprint density at radius 2 is 1.84 bits per heavy atom. The Morgan fingerprint density at radius 3 is 2.40 bits per heavy atom. The number of hydrogen-bond acceptors (Lipinski definition) is 4. The summed E-state index contributed by atoms with van der Waals surface area (Å²) in [5.41, 5.74) is 1.82. The van der Waals surface area contributed by atoms with Crippen LogP contribution in [0.1, 0.15) is 5.56 Å². The number of rotatable bonds is 6. The van der Waals surface area contributed by atoms with Crippen LogP contribution in [-0.2, 0) is 16.1 Å². The van der Waals surface area contributed by atoms with Crippen LogP contribution in [0.25, 0.3) is 6.08 Å². The number of esters is 1. The molecular formula is C19H20ClN3O2. The summed E-state index contributed by atoms with van der Waals surface area (Å²) in [5, 5.41) is 9.18. The molecule has 1 aromatic heterocycles. The first-order chi connectivity index (χ1) is 11.6. The number of hydrogen-bond donors (Lipinski definition) is 0. The first kappa shape index (κ1) is 20.2. The number of nitriles is 1. The minimum atomic E-state index is -0.606. The molecule has 0 saturated heterocycles. The van der Waals surface area contributed by atoms with Crippen LogP contribution in [0.4, 0.5) is 5.69 Å². The highest BCUT2D eigenvalue weighted by Gasteiger charge is 2.11. The summed E-state index contributed by atoms with van der Waals surface area (Å²) in [7, 11) is 3.90. The van der Waals surface area contributed by atoms with Gasteiger partial charge in [-0.3, -0.25) is 0 Å². The fourth-order valence-electron chi connectivity index (χ4n) is 2.08. The van der Waals surface area contributed by atoms with Crippen LogP contribution in [0.15, 0.2) is 60.4 Å². The van der Waals surface area contributed by atoms with Gasteiger partial charge in [0, 0.05) is 31.9 Å². The van der Waals surface area contributed by atoms with Gasteiger partial charge in [0.1, 0.15) is 11.6 Å². The summed E-state index contributed by atoms with van der Waals surface area (Å²) in [4.78, 5) is 14.0. The molecule has 0 aliphatic carbocycles. The highest BCUT2D eigenvalue weighted by atomic mass is 35.5. The zero-order valence-corrected chi connectivity index (χ0v) is 15.0. The number of carbonyl (C=O) groups is 1. The van der Waals surface area contributed by atoms with Crippen LogP contribution in [0, 0.1) is 11.3 Å². The third-order valence-electron chi connectivity index (χ3n) is 3.42. The van der Waals surface area contributed by atoms with Gasteiger partial charge in [-0.05, 0) is 23.8 Å². The lowest BCUT2D eigenvalue weighted by Crippen LogP contribution is -3.00. The van der Waals surface area contributed by atoms with E-state index in [1.807, 2.05) is 84.5 Å². The largest absolute Gasteiger partial charge is 1.00 e. The van der Waals surface area contributed by atoms with Crippen molar-refractivity contribution in [2.45, 2.75) is 6.54 Å². The van der Waals surface area contributed by atoms with Crippen molar-refractivity contribution in [1.29, 1.82) is 5.26 Å². The highest BCUT2D eigenvalue weighted by molar-refractivity contribution is 5.97. The van der Waals surface area contributed by atoms with Gasteiger partial charge in [0.05, 0.1) is 0 Å². The molecule has 0 radical (unpaired) electrons. The molecule has 0 amide bonds. The average Bonchev–Trinajstić information content (AvgIpc) is 2.60. The summed E-state index contributed by atoms with van der Waals surface area (Å²) < 4.78 is 7.08. The lowest BCUT2D eigenvalue weighted by atomic mass is 10.1. The number of nitrogens with zero attached hydrogens (tertiary/aromatic N) is 3. The summed E-state index contributed by atoms with van der Waals surface area (Å²) in [6, 6.07) is 15.2. The van der Waals surface area contributed by atoms with Crippen molar-refractivity contribution in [3.63, 3.8) is 0 Å². The SMILES string of the molecule is CN(C)c1ccc(C=C(C#N)C(=O)OCC[n+]2ccccc2)cc1.[Cl-]. The molecule has 2 rings (SSSR count). The maximum atomic E-state index is 12.0. The van der Waals surface area contributed by atoms with E-state index in [1.165, 1.54) is 6.08 Å². The van der Waals surface area contributed by atoms with Crippen LogP contribution in [0.5, 0.6) is 0 Å². The van der Waals surface area contributed by atoms with Crippen molar-refractivity contribution in [2.24, 2.45) is 0 Å².